The zero-order valence-corrected chi connectivity index (χ0v) is 80.3. The number of aryl methyl sites for hydroxylation is 1. The topological polar surface area (TPSA) is 724 Å². The van der Waals surface area contributed by atoms with Crippen LogP contribution in [0.25, 0.3) is 33.4 Å². The van der Waals surface area contributed by atoms with E-state index in [-0.39, 0.29) is 160 Å². The number of carboxylic acid groups (broad SMARTS) is 1. The zero-order chi connectivity index (χ0) is 104. The largest absolute Gasteiger partial charge is 0.508 e. The number of fused-ring (bicyclic) bond motifs is 2. The first-order chi connectivity index (χ1) is 68.2. The number of thiocarbonyl (C=S) groups is 1. The van der Waals surface area contributed by atoms with Crippen molar-refractivity contribution in [2.24, 2.45) is 50.7 Å². The summed E-state index contributed by atoms with van der Waals surface area (Å²) in [5.74, 6) is -16.3. The van der Waals surface area contributed by atoms with Crippen LogP contribution in [0.4, 0.5) is 22.7 Å². The summed E-state index contributed by atoms with van der Waals surface area (Å²) >= 11 is 5.71. The van der Waals surface area contributed by atoms with Crippen molar-refractivity contribution < 1.29 is 92.0 Å². The monoisotopic (exact) mass is 1990 g/mol. The summed E-state index contributed by atoms with van der Waals surface area (Å²) < 4.78 is 5.97. The van der Waals surface area contributed by atoms with Crippen LogP contribution in [0.15, 0.2) is 177 Å². The number of nitrogens with one attached hydrogen (secondary N) is 16. The Morgan fingerprint density at radius 1 is 0.510 bits per heavy atom. The van der Waals surface area contributed by atoms with Gasteiger partial charge in [-0.05, 0) is 202 Å². The third kappa shape index (κ3) is 35.0. The molecule has 10 atom stereocenters. The van der Waals surface area contributed by atoms with E-state index in [1.807, 2.05) is 55.4 Å². The molecule has 30 N–H and O–H groups in total. The van der Waals surface area contributed by atoms with Crippen LogP contribution in [0, 0.1) is 22.7 Å². The van der Waals surface area contributed by atoms with Gasteiger partial charge < -0.3 is 133 Å². The first kappa shape index (κ1) is 110. The van der Waals surface area contributed by atoms with Crippen molar-refractivity contribution in [1.82, 2.24) is 69.1 Å². The second kappa shape index (κ2) is 54.4. The van der Waals surface area contributed by atoms with Gasteiger partial charge in [0.15, 0.2) is 22.5 Å². The fourth-order valence-electron chi connectivity index (χ4n) is 15.9. The van der Waals surface area contributed by atoms with Crippen LogP contribution < -0.4 is 113 Å². The molecule has 143 heavy (non-hydrogen) atoms. The third-order valence-corrected chi connectivity index (χ3v) is 24.1. The van der Waals surface area contributed by atoms with Crippen LogP contribution in [0.3, 0.4) is 0 Å². The van der Waals surface area contributed by atoms with Gasteiger partial charge in [-0.25, -0.2) is 4.79 Å². The summed E-state index contributed by atoms with van der Waals surface area (Å²) in [7, 11) is 3.85. The number of aromatic hydroxyl groups is 2. The smallest absolute Gasteiger partial charge is 0.336 e. The Labute approximate surface area is 828 Å². The van der Waals surface area contributed by atoms with Gasteiger partial charge in [-0.3, -0.25) is 77.9 Å². The number of carbonyl (C=O) groups excluding carboxylic acids is 13. The van der Waals surface area contributed by atoms with E-state index in [1.165, 1.54) is 60.7 Å². The molecule has 6 aromatic rings. The molecule has 0 radical (unpaired) electrons. The first-order valence-electron chi connectivity index (χ1n) is 46.6. The average Bonchev–Trinajstić information content (AvgIpc) is 0.745. The highest BCUT2D eigenvalue weighted by Gasteiger charge is 2.39. The van der Waals surface area contributed by atoms with Gasteiger partial charge in [-0.1, -0.05) is 80.9 Å². The number of amides is 13. The van der Waals surface area contributed by atoms with Gasteiger partial charge in [0.25, 0.3) is 0 Å². The number of carbonyl (C=O) groups is 14. The highest BCUT2D eigenvalue weighted by Crippen LogP contribution is 2.43. The minimum Gasteiger partial charge on any atom is -0.508 e. The summed E-state index contributed by atoms with van der Waals surface area (Å²) in [5, 5.41) is 104. The lowest BCUT2D eigenvalue weighted by molar-refractivity contribution is -0.137. The average molecular weight is 1990 g/mol. The van der Waals surface area contributed by atoms with Crippen LogP contribution in [0.1, 0.15) is 137 Å². The number of rotatable bonds is 53. The number of carboxylic acids is 1. The molecule has 45 heteroatoms. The molecule has 1 saturated carbocycles. The number of primary amides is 3. The molecule has 1 aliphatic heterocycles. The Morgan fingerprint density at radius 3 is 1.55 bits per heavy atom. The highest BCUT2D eigenvalue weighted by atomic mass is 32.1. The van der Waals surface area contributed by atoms with Crippen molar-refractivity contribution in [2.75, 3.05) is 50.6 Å². The quantitative estimate of drug-likeness (QED) is 0.00650. The van der Waals surface area contributed by atoms with Crippen LogP contribution in [-0.2, 0) is 81.6 Å². The minimum absolute atomic E-state index is 0.0114. The number of hydrogen-bond donors (Lipinski definition) is 25. The van der Waals surface area contributed by atoms with E-state index < -0.39 is 174 Å². The number of aromatic carboxylic acids is 1. The molecule has 2 aliphatic carbocycles. The number of nitrogens with two attached hydrogens (primary N) is 5. The van der Waals surface area contributed by atoms with Gasteiger partial charge in [0.2, 0.25) is 76.8 Å². The lowest BCUT2D eigenvalue weighted by Gasteiger charge is -2.31. The summed E-state index contributed by atoms with van der Waals surface area (Å²) in [6.45, 7) is 2.21. The lowest BCUT2D eigenvalue weighted by atomic mass is 9.85. The van der Waals surface area contributed by atoms with Crippen LogP contribution in [0.2, 0.25) is 0 Å². The van der Waals surface area contributed by atoms with Gasteiger partial charge >= 0.3 is 5.97 Å². The standard InChI is InChI=1S/C98H124N24O20S/c1-5-53(2)84(94(139)113-70(15-9-10-42-106-82(129)41-22-54-18-25-59(26-19-54)120-121-60-29-32-62(33-30-60)122(3)4)87(132)111-71(16-11-43-107-96(102)103)88(133)116-75(46-56-20-34-63(124)35-21-56)91(136)118-77(52-123)93(138)114-73(85(101)130)50-80(99)127)119-89(134)72(17-12-44-108-97(104)105)112-90(135)74(45-55-13-7-6-8-14-55)117-92(137)76(51-81(100)128)115-86(131)57-23-27-58(28-24-57)109-98(143)110-61-31-38-66(69(47-61)95(140)141)83-67-39-36-64(125)48-78(67)142-79-49-65(126)37-40-68(79)83/h6-8,13-14,18-21,25-26,29-40,47-49,53,57-58,70-77,84,123-125H,5,9-12,15-17,22-24,27-28,41-46,50-52H2,1-4H3,(H2,99,127)(H2,100,128)(H2,101,130)(H,106,129)(H,111,132)(H,112,135)(H,113,139)(H,114,138)(H,115,131)(H,116,133)(H,117,137)(H,118,136)(H,119,134)(H,140,141)(H4,102,103,107)(H4,104,105,108)(H2,109,110,143)/t53-,57?,58?,70-,71-,72-,73-,74-,75-,76-,77-,84-/m0/s1. The molecular weight excluding hydrogens is 1870 g/mol. The second-order valence-electron chi connectivity index (χ2n) is 35.0. The van der Waals surface area contributed by atoms with Crippen molar-refractivity contribution in [3.05, 3.63) is 190 Å². The van der Waals surface area contributed by atoms with Gasteiger partial charge in [0.05, 0.1) is 36.4 Å². The number of phenols is 2. The Bertz CT molecular complexity index is 5930. The van der Waals surface area contributed by atoms with Crippen molar-refractivity contribution in [3.8, 4) is 33.9 Å². The molecule has 762 valence electrons. The zero-order valence-electron chi connectivity index (χ0n) is 79.5. The van der Waals surface area contributed by atoms with Crippen molar-refractivity contribution in [3.63, 3.8) is 0 Å². The van der Waals surface area contributed by atoms with E-state index in [4.69, 9.17) is 56.1 Å². The molecule has 6 aromatic carbocycles. The maximum atomic E-state index is 15.4. The fourth-order valence-corrected chi connectivity index (χ4v) is 16.2. The molecule has 1 heterocycles. The SMILES string of the molecule is CC[C@H](C)[C@H](NC(=O)[C@H](CCCNC(=N)N)NC(=O)[C@H](Cc1ccccc1)NC(=O)[C@H](CC(N)=O)NC(=O)C1CCC(NC(=S)Nc2ccc(-c3c4ccc(=O)cc-4oc4cc(O)ccc34)c(C(=O)O)c2)CC1)C(=O)N[C@@H](CCCCNC(=O)CCc1ccc(N=Nc2ccc(N(C)C)cc2)cc1)C(=O)N[C@@H](CCCNC(=N)N)C(=O)N[C@@H](Cc1ccc(O)cc1)C(=O)N[C@@H](CO)C(=O)N[C@@H](CC(N)=O)C(N)=O. The molecule has 1 fully saturated rings. The molecular formula is C98H124N24O20S. The number of hydrogen-bond acceptors (Lipinski definition) is 25. The predicted molar refractivity (Wildman–Crippen MR) is 536 cm³/mol. The minimum atomic E-state index is -1.86. The maximum Gasteiger partial charge on any atom is 0.336 e. The Hall–Kier alpha value is -16.2. The van der Waals surface area contributed by atoms with Gasteiger partial charge in [-0.15, -0.1) is 0 Å². The van der Waals surface area contributed by atoms with E-state index in [0.29, 0.717) is 64.0 Å². The Kier molecular flexibility index (Phi) is 42.0. The molecule has 0 aromatic heterocycles. The Balaban J connectivity index is 0.913. The van der Waals surface area contributed by atoms with Gasteiger partial charge in [0.1, 0.15) is 77.2 Å². The summed E-state index contributed by atoms with van der Waals surface area (Å²) in [6.07, 6.45) is -0.709. The first-order valence-corrected chi connectivity index (χ1v) is 47.0. The fraction of sp³-hybridized carbons (Fsp3) is 0.388. The van der Waals surface area contributed by atoms with Gasteiger partial charge in [-0.2, -0.15) is 10.2 Å². The Morgan fingerprint density at radius 2 is 1.00 bits per heavy atom. The summed E-state index contributed by atoms with van der Waals surface area (Å²) in [6, 6.07) is 26.4. The number of aliphatic hydroxyl groups excluding tert-OH is 1. The number of azo groups is 1. The van der Waals surface area contributed by atoms with E-state index >= 15 is 24.0 Å². The number of aliphatic hydroxyl groups is 1. The molecule has 3 aliphatic rings. The molecule has 0 unspecified atom stereocenters. The van der Waals surface area contributed by atoms with E-state index in [1.54, 1.807) is 74.5 Å². The van der Waals surface area contributed by atoms with E-state index in [0.717, 1.165) is 11.3 Å². The highest BCUT2D eigenvalue weighted by molar-refractivity contribution is 7.80. The number of nitrogens with zero attached hydrogens (tertiary/aromatic N) is 3. The van der Waals surface area contributed by atoms with E-state index in [2.05, 4.69) is 84.7 Å². The van der Waals surface area contributed by atoms with Crippen LogP contribution >= 0.6 is 12.2 Å². The molecule has 44 nitrogen and oxygen atoms in total. The van der Waals surface area contributed by atoms with Crippen LogP contribution in [-0.4, -0.2) is 221 Å². The lowest BCUT2D eigenvalue weighted by Crippen LogP contribution is -2.61. The number of guanidine groups is 2. The maximum absolute atomic E-state index is 15.4. The van der Waals surface area contributed by atoms with E-state index in [9.17, 15) is 68.4 Å². The summed E-state index contributed by atoms with van der Waals surface area (Å²) in [4.78, 5) is 211. The van der Waals surface area contributed by atoms with Gasteiger partial charge in [0, 0.05) is 105 Å². The number of anilines is 2. The second-order valence-corrected chi connectivity index (χ2v) is 35.4. The van der Waals surface area contributed by atoms with Crippen molar-refractivity contribution >= 4 is 146 Å². The molecule has 13 amide bonds. The number of phenolic OH excluding ortho intramolecular Hbond substituents is 2. The molecule has 9 rings (SSSR count). The van der Waals surface area contributed by atoms with Crippen molar-refractivity contribution in [2.45, 2.75) is 190 Å². The molecule has 0 spiro atoms. The molecule has 0 bridgehead atoms. The van der Waals surface area contributed by atoms with Crippen molar-refractivity contribution in [1.29, 1.82) is 10.8 Å². The number of unbranched alkanes of at least 4 members (excludes halogenated alkanes) is 1. The van der Waals surface area contributed by atoms with Crippen LogP contribution in [0.5, 0.6) is 11.5 Å². The number of benzene rings is 7. The normalized spacial score (nSPS) is 14.9. The third-order valence-electron chi connectivity index (χ3n) is 23.9. The molecule has 0 saturated heterocycles. The summed E-state index contributed by atoms with van der Waals surface area (Å²) in [5.41, 5.74) is 32.7. The predicted octanol–water partition coefficient (Wildman–Crippen LogP) is 2.57.